The van der Waals surface area contributed by atoms with Crippen molar-refractivity contribution < 1.29 is 14.4 Å². The van der Waals surface area contributed by atoms with Crippen LogP contribution in [0.5, 0.6) is 11.6 Å². The summed E-state index contributed by atoms with van der Waals surface area (Å²) in [4.78, 5) is 13.9. The lowest BCUT2D eigenvalue weighted by molar-refractivity contribution is -0.389. The summed E-state index contributed by atoms with van der Waals surface area (Å²) in [6.07, 6.45) is 2.12. The first-order valence-electron chi connectivity index (χ1n) is 5.55. The predicted octanol–water partition coefficient (Wildman–Crippen LogP) is 2.32. The van der Waals surface area contributed by atoms with Crippen molar-refractivity contribution in [1.82, 2.24) is 4.98 Å². The van der Waals surface area contributed by atoms with Crippen LogP contribution < -0.4 is 9.47 Å². The maximum atomic E-state index is 10.6. The van der Waals surface area contributed by atoms with E-state index < -0.39 is 4.92 Å². The van der Waals surface area contributed by atoms with E-state index in [1.165, 1.54) is 6.07 Å². The molecule has 2 rings (SSSR count). The molecule has 0 amide bonds. The molecule has 0 saturated heterocycles. The fourth-order valence-corrected chi connectivity index (χ4v) is 1.28. The number of hydrogen-bond donors (Lipinski definition) is 0. The lowest BCUT2D eigenvalue weighted by Gasteiger charge is -2.10. The third-order valence-electron chi connectivity index (χ3n) is 2.16. The molecule has 1 fully saturated rings. The molecule has 1 aromatic heterocycles. The average Bonchev–Trinajstić information content (AvgIpc) is 3.03. The zero-order valence-electron chi connectivity index (χ0n) is 9.75. The summed E-state index contributed by atoms with van der Waals surface area (Å²) in [6, 6.07) is 2.87. The summed E-state index contributed by atoms with van der Waals surface area (Å²) < 4.78 is 11.0. The third-order valence-corrected chi connectivity index (χ3v) is 2.16. The molecule has 6 heteroatoms. The first-order valence-corrected chi connectivity index (χ1v) is 5.55. The summed E-state index contributed by atoms with van der Waals surface area (Å²) >= 11 is 0. The highest BCUT2D eigenvalue weighted by molar-refractivity contribution is 5.39. The van der Waals surface area contributed by atoms with E-state index >= 15 is 0 Å². The standard InChI is InChI=1S/C11H14N2O4/c1-7(2)16-11-9(17-8-3-4-8)5-6-10(12-11)13(14)15/h5-8H,3-4H2,1-2H3. The van der Waals surface area contributed by atoms with E-state index in [-0.39, 0.29) is 23.9 Å². The molecule has 0 spiro atoms. The molecule has 1 heterocycles. The van der Waals surface area contributed by atoms with Crippen molar-refractivity contribution in [2.75, 3.05) is 0 Å². The van der Waals surface area contributed by atoms with Gasteiger partial charge in [0.15, 0.2) is 0 Å². The Hall–Kier alpha value is -1.85. The molecule has 0 radical (unpaired) electrons. The third kappa shape index (κ3) is 3.05. The molecule has 1 aliphatic carbocycles. The molecule has 0 bridgehead atoms. The van der Waals surface area contributed by atoms with E-state index in [0.717, 1.165) is 12.8 Å². The van der Waals surface area contributed by atoms with Crippen molar-refractivity contribution in [3.63, 3.8) is 0 Å². The molecule has 0 N–H and O–H groups in total. The summed E-state index contributed by atoms with van der Waals surface area (Å²) in [5, 5.41) is 10.6. The monoisotopic (exact) mass is 238 g/mol. The first-order chi connectivity index (χ1) is 8.06. The van der Waals surface area contributed by atoms with Gasteiger partial charge < -0.3 is 19.6 Å². The number of nitrogens with zero attached hydrogens (tertiary/aromatic N) is 2. The van der Waals surface area contributed by atoms with Crippen LogP contribution in [-0.2, 0) is 0 Å². The summed E-state index contributed by atoms with van der Waals surface area (Å²) in [7, 11) is 0. The molecule has 0 aromatic carbocycles. The summed E-state index contributed by atoms with van der Waals surface area (Å²) in [6.45, 7) is 3.67. The Kier molecular flexibility index (Phi) is 3.12. The van der Waals surface area contributed by atoms with Gasteiger partial charge in [-0.05, 0) is 37.7 Å². The Morgan fingerprint density at radius 1 is 1.47 bits per heavy atom. The normalized spacial score (nSPS) is 14.8. The summed E-state index contributed by atoms with van der Waals surface area (Å²) in [5.74, 6) is 0.441. The molecule has 92 valence electrons. The smallest absolute Gasteiger partial charge is 0.371 e. The van der Waals surface area contributed by atoms with Gasteiger partial charge in [0.25, 0.3) is 0 Å². The largest absolute Gasteiger partial charge is 0.483 e. The number of aromatic nitrogens is 1. The van der Waals surface area contributed by atoms with Crippen molar-refractivity contribution in [2.45, 2.75) is 38.9 Å². The van der Waals surface area contributed by atoms with Crippen molar-refractivity contribution >= 4 is 5.82 Å². The zero-order valence-corrected chi connectivity index (χ0v) is 9.75. The van der Waals surface area contributed by atoms with Gasteiger partial charge in [-0.1, -0.05) is 0 Å². The minimum Gasteiger partial charge on any atom is -0.483 e. The van der Waals surface area contributed by atoms with Crippen LogP contribution in [0, 0.1) is 10.1 Å². The molecule has 1 aliphatic rings. The van der Waals surface area contributed by atoms with Crippen LogP contribution in [0.1, 0.15) is 26.7 Å². The number of rotatable bonds is 5. The molecule has 6 nitrogen and oxygen atoms in total. The number of pyridine rings is 1. The minimum absolute atomic E-state index is 0.106. The van der Waals surface area contributed by atoms with E-state index in [1.54, 1.807) is 6.07 Å². The van der Waals surface area contributed by atoms with E-state index in [4.69, 9.17) is 9.47 Å². The van der Waals surface area contributed by atoms with E-state index in [9.17, 15) is 10.1 Å². The Morgan fingerprint density at radius 2 is 2.18 bits per heavy atom. The topological polar surface area (TPSA) is 74.5 Å². The van der Waals surface area contributed by atoms with Crippen LogP contribution in [0.3, 0.4) is 0 Å². The molecule has 0 unspecified atom stereocenters. The van der Waals surface area contributed by atoms with Crippen LogP contribution in [0.4, 0.5) is 5.82 Å². The van der Waals surface area contributed by atoms with Gasteiger partial charge in [-0.25, -0.2) is 0 Å². The van der Waals surface area contributed by atoms with Crippen molar-refractivity contribution in [1.29, 1.82) is 0 Å². The van der Waals surface area contributed by atoms with Gasteiger partial charge in [0.05, 0.1) is 12.2 Å². The highest BCUT2D eigenvalue weighted by Gasteiger charge is 2.28. The Bertz CT molecular complexity index is 429. The second-order valence-electron chi connectivity index (χ2n) is 4.21. The van der Waals surface area contributed by atoms with Gasteiger partial charge in [-0.2, -0.15) is 0 Å². The quantitative estimate of drug-likeness (QED) is 0.581. The van der Waals surface area contributed by atoms with Crippen LogP contribution in [0.15, 0.2) is 12.1 Å². The lowest BCUT2D eigenvalue weighted by atomic mass is 10.4. The van der Waals surface area contributed by atoms with E-state index in [1.807, 2.05) is 13.8 Å². The minimum atomic E-state index is -0.548. The molecule has 17 heavy (non-hydrogen) atoms. The predicted molar refractivity (Wildman–Crippen MR) is 60.3 cm³/mol. The van der Waals surface area contributed by atoms with Crippen molar-refractivity contribution in [2.24, 2.45) is 0 Å². The van der Waals surface area contributed by atoms with Crippen LogP contribution in [0.2, 0.25) is 0 Å². The number of nitro groups is 1. The number of ether oxygens (including phenoxy) is 2. The fourth-order valence-electron chi connectivity index (χ4n) is 1.28. The second kappa shape index (κ2) is 4.57. The van der Waals surface area contributed by atoms with Crippen LogP contribution in [-0.4, -0.2) is 22.1 Å². The van der Waals surface area contributed by atoms with Gasteiger partial charge in [0, 0.05) is 11.1 Å². The van der Waals surface area contributed by atoms with Gasteiger partial charge in [-0.15, -0.1) is 0 Å². The highest BCUT2D eigenvalue weighted by Crippen LogP contribution is 2.34. The molecular weight excluding hydrogens is 224 g/mol. The average molecular weight is 238 g/mol. The Balaban J connectivity index is 2.25. The van der Waals surface area contributed by atoms with Gasteiger partial charge in [0.1, 0.15) is 0 Å². The van der Waals surface area contributed by atoms with Gasteiger partial charge >= 0.3 is 11.7 Å². The molecule has 1 aromatic rings. The zero-order chi connectivity index (χ0) is 12.4. The fraction of sp³-hybridized carbons (Fsp3) is 0.545. The molecule has 1 saturated carbocycles. The highest BCUT2D eigenvalue weighted by atomic mass is 16.6. The Labute approximate surface area is 98.7 Å². The maximum absolute atomic E-state index is 10.6. The van der Waals surface area contributed by atoms with Crippen LogP contribution in [0.25, 0.3) is 0 Å². The molecular formula is C11H14N2O4. The Morgan fingerprint density at radius 3 is 2.71 bits per heavy atom. The van der Waals surface area contributed by atoms with Gasteiger partial charge in [-0.3, -0.25) is 0 Å². The van der Waals surface area contributed by atoms with Crippen molar-refractivity contribution in [3.8, 4) is 11.6 Å². The number of hydrogen-bond acceptors (Lipinski definition) is 5. The first kappa shape index (κ1) is 11.6. The second-order valence-corrected chi connectivity index (χ2v) is 4.21. The van der Waals surface area contributed by atoms with E-state index in [2.05, 4.69) is 4.98 Å². The maximum Gasteiger partial charge on any atom is 0.371 e. The van der Waals surface area contributed by atoms with Gasteiger partial charge in [0.2, 0.25) is 5.75 Å². The van der Waals surface area contributed by atoms with E-state index in [0.29, 0.717) is 5.75 Å². The lowest BCUT2D eigenvalue weighted by Crippen LogP contribution is -2.10. The van der Waals surface area contributed by atoms with Crippen LogP contribution >= 0.6 is 0 Å². The SMILES string of the molecule is CC(C)Oc1nc([N+](=O)[O-])ccc1OC1CC1. The molecule has 0 atom stereocenters. The summed E-state index contributed by atoms with van der Waals surface area (Å²) in [5.41, 5.74) is 0. The van der Waals surface area contributed by atoms with Crippen molar-refractivity contribution in [3.05, 3.63) is 22.2 Å². The molecule has 0 aliphatic heterocycles.